The largest absolute Gasteiger partial charge is 0.252 e. The molecular weight excluding hydrogens is 182 g/mol. The minimum atomic E-state index is 0.917. The average molecular weight is 208 g/mol. The van der Waals surface area contributed by atoms with Crippen LogP contribution in [0, 0.1) is 12.0 Å². The van der Waals surface area contributed by atoms with Crippen LogP contribution in [0.25, 0.3) is 0 Å². The molecule has 0 unspecified atom stereocenters. The lowest BCUT2D eigenvalue weighted by Gasteiger charge is -2.00. The molecule has 0 atom stereocenters. The van der Waals surface area contributed by atoms with E-state index >= 15 is 0 Å². The third-order valence-corrected chi connectivity index (χ3v) is 2.74. The van der Waals surface area contributed by atoms with Crippen LogP contribution in [-0.2, 0) is 0 Å². The van der Waals surface area contributed by atoms with Gasteiger partial charge in [0, 0.05) is 12.5 Å². The molecule has 1 radical (unpaired) electrons. The van der Waals surface area contributed by atoms with Crippen molar-refractivity contribution in [1.82, 2.24) is 5.73 Å². The Morgan fingerprint density at radius 2 is 1.20 bits per heavy atom. The van der Waals surface area contributed by atoms with E-state index in [1.807, 2.05) is 0 Å². The quantitative estimate of drug-likeness (QED) is 0.372. The first kappa shape index (κ1) is 14.4. The fraction of sp³-hybridized carbons (Fsp3) is 0.857. The summed E-state index contributed by atoms with van der Waals surface area (Å²) in [5, 5.41) is 0. The maximum Gasteiger partial charge on any atom is 0.0254 e. The number of hydrogen-bond donors (Lipinski definition) is 0. The van der Waals surface area contributed by atoms with E-state index in [4.69, 9.17) is 5.73 Å². The van der Waals surface area contributed by atoms with Crippen LogP contribution in [0.5, 0.6) is 0 Å². The summed E-state index contributed by atoms with van der Waals surface area (Å²) in [6.07, 6.45) is 14.6. The van der Waals surface area contributed by atoms with Gasteiger partial charge in [-0.15, -0.1) is 0 Å². The Labute approximate surface area is 95.8 Å². The van der Waals surface area contributed by atoms with Crippen LogP contribution in [0.15, 0.2) is 0 Å². The lowest BCUT2D eigenvalue weighted by atomic mass is 10.1. The molecule has 0 aliphatic heterocycles. The van der Waals surface area contributed by atoms with E-state index in [1.54, 1.807) is 0 Å². The Morgan fingerprint density at radius 1 is 0.733 bits per heavy atom. The molecule has 1 N–H and O–H groups in total. The Balaban J connectivity index is 2.88. The molecule has 87 valence electrons. The Morgan fingerprint density at radius 3 is 1.67 bits per heavy atom. The fourth-order valence-electron chi connectivity index (χ4n) is 1.76. The van der Waals surface area contributed by atoms with Crippen LogP contribution in [0.1, 0.15) is 77.6 Å². The molecule has 0 amide bonds. The monoisotopic (exact) mass is 208 g/mol. The van der Waals surface area contributed by atoms with Crippen molar-refractivity contribution in [2.24, 2.45) is 0 Å². The molecule has 0 rings (SSSR count). The molecule has 0 saturated carbocycles. The SMILES string of the molecule is CCCCCCCCCCCCC#C[NH]. The van der Waals surface area contributed by atoms with Gasteiger partial charge in [0.1, 0.15) is 0 Å². The van der Waals surface area contributed by atoms with Gasteiger partial charge in [-0.05, 0) is 6.42 Å². The zero-order chi connectivity index (χ0) is 11.2. The van der Waals surface area contributed by atoms with Gasteiger partial charge in [0.15, 0.2) is 0 Å². The molecule has 15 heavy (non-hydrogen) atoms. The van der Waals surface area contributed by atoms with E-state index in [2.05, 4.69) is 18.9 Å². The van der Waals surface area contributed by atoms with Gasteiger partial charge in [0.2, 0.25) is 0 Å². The van der Waals surface area contributed by atoms with E-state index in [1.165, 1.54) is 64.2 Å². The minimum absolute atomic E-state index is 0.917. The van der Waals surface area contributed by atoms with Gasteiger partial charge in [-0.1, -0.05) is 70.6 Å². The molecule has 1 nitrogen and oxygen atoms in total. The van der Waals surface area contributed by atoms with Gasteiger partial charge in [-0.25, -0.2) is 0 Å². The summed E-state index contributed by atoms with van der Waals surface area (Å²) in [4.78, 5) is 0. The lowest BCUT2D eigenvalue weighted by Crippen LogP contribution is -1.81. The number of unbranched alkanes of at least 4 members (excludes halogenated alkanes) is 10. The third-order valence-electron chi connectivity index (χ3n) is 2.74. The first-order chi connectivity index (χ1) is 7.41. The van der Waals surface area contributed by atoms with Crippen molar-refractivity contribution >= 4 is 0 Å². The van der Waals surface area contributed by atoms with Crippen molar-refractivity contribution < 1.29 is 0 Å². The topological polar surface area (TPSA) is 23.8 Å². The Kier molecular flexibility index (Phi) is 12.8. The first-order valence-corrected chi connectivity index (χ1v) is 6.56. The van der Waals surface area contributed by atoms with Crippen LogP contribution in [0.3, 0.4) is 0 Å². The van der Waals surface area contributed by atoms with Crippen molar-refractivity contribution in [3.8, 4) is 12.0 Å². The smallest absolute Gasteiger partial charge is 0.0254 e. The molecule has 0 aromatic carbocycles. The highest BCUT2D eigenvalue weighted by Gasteiger charge is 1.91. The van der Waals surface area contributed by atoms with Crippen LogP contribution < -0.4 is 5.73 Å². The average Bonchev–Trinajstić information content (AvgIpc) is 2.26. The number of nitrogens with one attached hydrogen (secondary N) is 1. The molecular formula is C14H26N. The maximum absolute atomic E-state index is 6.67. The third kappa shape index (κ3) is 13.4. The summed E-state index contributed by atoms with van der Waals surface area (Å²) in [7, 11) is 0. The molecule has 1 heteroatoms. The highest BCUT2D eigenvalue weighted by atomic mass is 14.4. The second-order valence-electron chi connectivity index (χ2n) is 4.23. The van der Waals surface area contributed by atoms with Crippen LogP contribution in [0.4, 0.5) is 0 Å². The van der Waals surface area contributed by atoms with Gasteiger partial charge >= 0.3 is 0 Å². The molecule has 0 spiro atoms. The summed E-state index contributed by atoms with van der Waals surface area (Å²) in [5.41, 5.74) is 6.67. The van der Waals surface area contributed by atoms with E-state index in [-0.39, 0.29) is 0 Å². The zero-order valence-electron chi connectivity index (χ0n) is 10.3. The van der Waals surface area contributed by atoms with E-state index < -0.39 is 0 Å². The molecule has 0 saturated heterocycles. The van der Waals surface area contributed by atoms with Crippen LogP contribution >= 0.6 is 0 Å². The number of rotatable bonds is 10. The van der Waals surface area contributed by atoms with Crippen molar-refractivity contribution in [3.05, 3.63) is 0 Å². The normalized spacial score (nSPS) is 9.67. The lowest BCUT2D eigenvalue weighted by molar-refractivity contribution is 0.558. The molecule has 0 aliphatic carbocycles. The van der Waals surface area contributed by atoms with Gasteiger partial charge < -0.3 is 0 Å². The van der Waals surface area contributed by atoms with Crippen molar-refractivity contribution in [1.29, 1.82) is 0 Å². The Hall–Kier alpha value is -0.640. The summed E-state index contributed by atoms with van der Waals surface area (Å²) >= 11 is 0. The molecule has 0 fully saturated rings. The summed E-state index contributed by atoms with van der Waals surface area (Å²) in [6, 6.07) is 2.20. The van der Waals surface area contributed by atoms with Crippen LogP contribution in [-0.4, -0.2) is 0 Å². The number of hydrogen-bond acceptors (Lipinski definition) is 0. The van der Waals surface area contributed by atoms with Crippen LogP contribution in [0.2, 0.25) is 0 Å². The first-order valence-electron chi connectivity index (χ1n) is 6.56. The molecule has 0 aliphatic rings. The highest BCUT2D eigenvalue weighted by molar-refractivity contribution is 4.92. The molecule has 0 heterocycles. The Bertz CT molecular complexity index is 164. The summed E-state index contributed by atoms with van der Waals surface area (Å²) in [5.74, 6) is 2.79. The van der Waals surface area contributed by atoms with Gasteiger partial charge in [0.05, 0.1) is 0 Å². The standard InChI is InChI=1S/C14H26N/c1-2-3-4-5-6-7-8-9-10-11-12-13-14-15/h15H,2-12H2,1H3. The molecule has 0 bridgehead atoms. The second-order valence-corrected chi connectivity index (χ2v) is 4.23. The summed E-state index contributed by atoms with van der Waals surface area (Å²) < 4.78 is 0. The van der Waals surface area contributed by atoms with E-state index in [0.29, 0.717) is 0 Å². The van der Waals surface area contributed by atoms with Gasteiger partial charge in [-0.2, -0.15) is 0 Å². The van der Waals surface area contributed by atoms with Crippen molar-refractivity contribution in [3.63, 3.8) is 0 Å². The maximum atomic E-state index is 6.67. The highest BCUT2D eigenvalue weighted by Crippen LogP contribution is 2.10. The predicted molar refractivity (Wildman–Crippen MR) is 67.3 cm³/mol. The zero-order valence-corrected chi connectivity index (χ0v) is 10.3. The second kappa shape index (κ2) is 13.4. The molecule has 0 aromatic heterocycles. The van der Waals surface area contributed by atoms with Gasteiger partial charge in [-0.3, -0.25) is 5.73 Å². The van der Waals surface area contributed by atoms with E-state index in [9.17, 15) is 0 Å². The minimum Gasteiger partial charge on any atom is -0.252 e. The fourth-order valence-corrected chi connectivity index (χ4v) is 1.76. The van der Waals surface area contributed by atoms with E-state index in [0.717, 1.165) is 6.42 Å². The molecule has 0 aromatic rings. The van der Waals surface area contributed by atoms with Crippen molar-refractivity contribution in [2.45, 2.75) is 77.6 Å². The van der Waals surface area contributed by atoms with Crippen molar-refractivity contribution in [2.75, 3.05) is 0 Å². The predicted octanol–water partition coefficient (Wildman–Crippen LogP) is 4.54. The summed E-state index contributed by atoms with van der Waals surface area (Å²) in [6.45, 7) is 2.26. The van der Waals surface area contributed by atoms with Gasteiger partial charge in [0.25, 0.3) is 0 Å².